The number of ether oxygens (including phenoxy) is 1. The summed E-state index contributed by atoms with van der Waals surface area (Å²) in [6.07, 6.45) is 10.7. The Bertz CT molecular complexity index is 710. The molecule has 3 heteroatoms. The summed E-state index contributed by atoms with van der Waals surface area (Å²) in [5.74, 6) is 1.88. The molecule has 0 amide bonds. The van der Waals surface area contributed by atoms with Crippen molar-refractivity contribution in [2.75, 3.05) is 0 Å². The minimum Gasteiger partial charge on any atom is -0.508 e. The topological polar surface area (TPSA) is 41.8 Å². The number of hydrogen-bond donors (Lipinski definition) is 1. The molecule has 2 heterocycles. The second-order valence-corrected chi connectivity index (χ2v) is 5.17. The maximum absolute atomic E-state index is 9.81. The molecule has 0 bridgehead atoms. The molecule has 4 rings (SSSR count). The van der Waals surface area contributed by atoms with Gasteiger partial charge in [-0.05, 0) is 31.1 Å². The van der Waals surface area contributed by atoms with E-state index in [0.29, 0.717) is 0 Å². The van der Waals surface area contributed by atoms with E-state index in [0.717, 1.165) is 29.1 Å². The van der Waals surface area contributed by atoms with Crippen molar-refractivity contribution < 1.29 is 9.84 Å². The first-order valence-electron chi connectivity index (χ1n) is 6.35. The van der Waals surface area contributed by atoms with E-state index < -0.39 is 0 Å². The van der Waals surface area contributed by atoms with E-state index in [1.54, 1.807) is 18.3 Å². The quantitative estimate of drug-likeness (QED) is 0.769. The third-order valence-corrected chi connectivity index (χ3v) is 4.15. The van der Waals surface area contributed by atoms with Crippen LogP contribution >= 0.6 is 0 Å². The first-order chi connectivity index (χ1) is 9.22. The Morgan fingerprint density at radius 2 is 2.26 bits per heavy atom. The molecular formula is C16H13NO2. The molecule has 1 aliphatic carbocycles. The van der Waals surface area contributed by atoms with Crippen molar-refractivity contribution in [1.29, 1.82) is 0 Å². The number of allylic oxidation sites excluding steroid dienone is 4. The summed E-state index contributed by atoms with van der Waals surface area (Å²) < 4.78 is 5.98. The third-order valence-electron chi connectivity index (χ3n) is 4.15. The Morgan fingerprint density at radius 3 is 3.16 bits per heavy atom. The lowest BCUT2D eigenvalue weighted by Gasteiger charge is -2.31. The number of benzene rings is 1. The Balaban J connectivity index is 2.12. The van der Waals surface area contributed by atoms with Crippen LogP contribution in [0.15, 0.2) is 52.9 Å². The predicted octanol–water partition coefficient (Wildman–Crippen LogP) is 3.20. The molecule has 1 unspecified atom stereocenters. The SMILES string of the molecule is CC1=CN=Cc2cc(O)cc3c2C12CC=CC=C2O3. The number of hydrogen-bond acceptors (Lipinski definition) is 3. The molecule has 19 heavy (non-hydrogen) atoms. The van der Waals surface area contributed by atoms with Gasteiger partial charge in [0.2, 0.25) is 0 Å². The monoisotopic (exact) mass is 251 g/mol. The summed E-state index contributed by atoms with van der Waals surface area (Å²) in [5.41, 5.74) is 2.98. The summed E-state index contributed by atoms with van der Waals surface area (Å²) in [6, 6.07) is 3.44. The number of aromatic hydroxyl groups is 1. The van der Waals surface area contributed by atoms with Gasteiger partial charge in [0.25, 0.3) is 0 Å². The number of rotatable bonds is 0. The first kappa shape index (κ1) is 10.6. The Morgan fingerprint density at radius 1 is 1.37 bits per heavy atom. The first-order valence-corrected chi connectivity index (χ1v) is 6.35. The van der Waals surface area contributed by atoms with Crippen LogP contribution in [0.1, 0.15) is 24.5 Å². The van der Waals surface area contributed by atoms with Crippen molar-refractivity contribution in [2.45, 2.75) is 18.8 Å². The molecule has 94 valence electrons. The zero-order chi connectivity index (χ0) is 13.0. The van der Waals surface area contributed by atoms with Crippen LogP contribution in [0.5, 0.6) is 11.5 Å². The molecule has 2 aliphatic heterocycles. The molecule has 1 aromatic rings. The van der Waals surface area contributed by atoms with E-state index in [4.69, 9.17) is 4.74 Å². The Hall–Kier alpha value is -2.29. The molecular weight excluding hydrogens is 238 g/mol. The minimum atomic E-state index is -0.246. The lowest BCUT2D eigenvalue weighted by atomic mass is 9.69. The van der Waals surface area contributed by atoms with Crippen LogP contribution in [0.3, 0.4) is 0 Å². The average molecular weight is 251 g/mol. The second kappa shape index (κ2) is 3.38. The minimum absolute atomic E-state index is 0.210. The molecule has 0 saturated carbocycles. The number of aliphatic imine (C=N–C) groups is 1. The van der Waals surface area contributed by atoms with Crippen molar-refractivity contribution in [2.24, 2.45) is 4.99 Å². The third kappa shape index (κ3) is 1.19. The highest BCUT2D eigenvalue weighted by molar-refractivity contribution is 5.88. The lowest BCUT2D eigenvalue weighted by molar-refractivity contribution is 0.385. The summed E-state index contributed by atoms with van der Waals surface area (Å²) in [4.78, 5) is 4.34. The van der Waals surface area contributed by atoms with Crippen LogP contribution in [0.2, 0.25) is 0 Å². The van der Waals surface area contributed by atoms with E-state index in [1.165, 1.54) is 5.57 Å². The summed E-state index contributed by atoms with van der Waals surface area (Å²) >= 11 is 0. The van der Waals surface area contributed by atoms with Crippen LogP contribution in [0.25, 0.3) is 0 Å². The van der Waals surface area contributed by atoms with Crippen molar-refractivity contribution in [1.82, 2.24) is 0 Å². The number of nitrogens with zero attached hydrogens (tertiary/aromatic N) is 1. The van der Waals surface area contributed by atoms with Crippen molar-refractivity contribution in [3.63, 3.8) is 0 Å². The van der Waals surface area contributed by atoms with Crippen molar-refractivity contribution in [3.05, 3.63) is 59.0 Å². The fourth-order valence-electron chi connectivity index (χ4n) is 3.26. The summed E-state index contributed by atoms with van der Waals surface area (Å²) in [5, 5.41) is 9.81. The van der Waals surface area contributed by atoms with Crippen molar-refractivity contribution >= 4 is 6.21 Å². The zero-order valence-electron chi connectivity index (χ0n) is 10.6. The van der Waals surface area contributed by atoms with Gasteiger partial charge >= 0.3 is 0 Å². The van der Waals surface area contributed by atoms with Crippen LogP contribution in [-0.4, -0.2) is 11.3 Å². The molecule has 0 fully saturated rings. The van der Waals surface area contributed by atoms with Crippen LogP contribution in [0, 0.1) is 0 Å². The van der Waals surface area contributed by atoms with Crippen LogP contribution in [0.4, 0.5) is 0 Å². The molecule has 1 aromatic carbocycles. The highest BCUT2D eigenvalue weighted by Crippen LogP contribution is 2.55. The Labute approximate surface area is 111 Å². The van der Waals surface area contributed by atoms with E-state index in [9.17, 15) is 5.11 Å². The van der Waals surface area contributed by atoms with E-state index >= 15 is 0 Å². The molecule has 0 saturated heterocycles. The average Bonchev–Trinajstić information content (AvgIpc) is 2.66. The normalized spacial score (nSPS) is 25.9. The highest BCUT2D eigenvalue weighted by atomic mass is 16.5. The zero-order valence-corrected chi connectivity index (χ0v) is 10.6. The lowest BCUT2D eigenvalue weighted by Crippen LogP contribution is -2.29. The summed E-state index contributed by atoms with van der Waals surface area (Å²) in [6.45, 7) is 2.09. The Kier molecular flexibility index (Phi) is 1.89. The van der Waals surface area contributed by atoms with Gasteiger partial charge in [-0.1, -0.05) is 12.2 Å². The summed E-state index contributed by atoms with van der Waals surface area (Å²) in [7, 11) is 0. The van der Waals surface area contributed by atoms with Gasteiger partial charge in [0, 0.05) is 29.6 Å². The van der Waals surface area contributed by atoms with Gasteiger partial charge in [-0.15, -0.1) is 0 Å². The van der Waals surface area contributed by atoms with E-state index in [-0.39, 0.29) is 11.2 Å². The maximum Gasteiger partial charge on any atom is 0.135 e. The van der Waals surface area contributed by atoms with Gasteiger partial charge in [0.1, 0.15) is 17.3 Å². The van der Waals surface area contributed by atoms with Gasteiger partial charge in [-0.3, -0.25) is 4.99 Å². The maximum atomic E-state index is 9.81. The fourth-order valence-corrected chi connectivity index (χ4v) is 3.26. The molecule has 1 N–H and O–H groups in total. The number of phenols is 1. The van der Waals surface area contributed by atoms with Gasteiger partial charge < -0.3 is 9.84 Å². The standard InChI is InChI=1S/C16H13NO2/c1-10-8-17-9-11-6-12(18)7-13-15(11)16(10)5-3-2-4-14(16)19-13/h2-4,6-9,18H,5H2,1H3. The van der Waals surface area contributed by atoms with E-state index in [2.05, 4.69) is 18.0 Å². The number of phenolic OH excluding ortho intramolecular Hbond substituents is 1. The molecule has 0 radical (unpaired) electrons. The molecule has 3 aliphatic rings. The largest absolute Gasteiger partial charge is 0.508 e. The van der Waals surface area contributed by atoms with Gasteiger partial charge in [-0.2, -0.15) is 0 Å². The fraction of sp³-hybridized carbons (Fsp3) is 0.188. The van der Waals surface area contributed by atoms with Gasteiger partial charge in [0.05, 0.1) is 5.41 Å². The smallest absolute Gasteiger partial charge is 0.135 e. The van der Waals surface area contributed by atoms with Gasteiger partial charge in [-0.25, -0.2) is 0 Å². The second-order valence-electron chi connectivity index (χ2n) is 5.17. The molecule has 0 aromatic heterocycles. The van der Waals surface area contributed by atoms with E-state index in [1.807, 2.05) is 18.4 Å². The van der Waals surface area contributed by atoms with Crippen molar-refractivity contribution in [3.8, 4) is 11.5 Å². The molecule has 1 atom stereocenters. The molecule has 3 nitrogen and oxygen atoms in total. The predicted molar refractivity (Wildman–Crippen MR) is 73.6 cm³/mol. The molecule has 1 spiro atoms. The highest BCUT2D eigenvalue weighted by Gasteiger charge is 2.49. The van der Waals surface area contributed by atoms with Crippen LogP contribution in [-0.2, 0) is 5.41 Å². The van der Waals surface area contributed by atoms with Crippen LogP contribution < -0.4 is 4.74 Å². The van der Waals surface area contributed by atoms with Gasteiger partial charge in [0.15, 0.2) is 0 Å².